The van der Waals surface area contributed by atoms with Crippen molar-refractivity contribution in [2.24, 2.45) is 23.0 Å². The fourth-order valence-corrected chi connectivity index (χ4v) is 2.59. The minimum Gasteiger partial charge on any atom is -0.354 e. The zero-order valence-corrected chi connectivity index (χ0v) is 13.0. The van der Waals surface area contributed by atoms with Gasteiger partial charge in [-0.15, -0.1) is 12.4 Å². The summed E-state index contributed by atoms with van der Waals surface area (Å²) >= 11 is 0. The Morgan fingerprint density at radius 3 is 2.28 bits per heavy atom. The SMILES string of the molecule is CC(C)[C@H](N)C(=O)NCC(C)(C)C1CCCC1.Cl. The van der Waals surface area contributed by atoms with Crippen LogP contribution in [0.5, 0.6) is 0 Å². The molecule has 3 nitrogen and oxygen atoms in total. The van der Waals surface area contributed by atoms with Crippen LogP contribution >= 0.6 is 12.4 Å². The maximum atomic E-state index is 11.8. The molecule has 1 saturated carbocycles. The summed E-state index contributed by atoms with van der Waals surface area (Å²) in [6, 6.07) is -0.380. The lowest BCUT2D eigenvalue weighted by atomic mass is 9.77. The summed E-state index contributed by atoms with van der Waals surface area (Å²) in [5.74, 6) is 0.939. The van der Waals surface area contributed by atoms with Gasteiger partial charge in [0.05, 0.1) is 6.04 Å². The van der Waals surface area contributed by atoms with Gasteiger partial charge in [-0.3, -0.25) is 4.79 Å². The molecule has 0 unspecified atom stereocenters. The van der Waals surface area contributed by atoms with E-state index in [1.807, 2.05) is 13.8 Å². The van der Waals surface area contributed by atoms with Crippen molar-refractivity contribution in [1.29, 1.82) is 0 Å². The minimum absolute atomic E-state index is 0. The van der Waals surface area contributed by atoms with E-state index in [-0.39, 0.29) is 35.7 Å². The van der Waals surface area contributed by atoms with Crippen LogP contribution in [0.25, 0.3) is 0 Å². The van der Waals surface area contributed by atoms with Crippen molar-refractivity contribution in [3.63, 3.8) is 0 Å². The molecule has 0 spiro atoms. The average molecular weight is 277 g/mol. The minimum atomic E-state index is -0.380. The lowest BCUT2D eigenvalue weighted by Crippen LogP contribution is -2.47. The van der Waals surface area contributed by atoms with E-state index in [4.69, 9.17) is 5.73 Å². The predicted octanol–water partition coefficient (Wildman–Crippen LogP) is 2.72. The summed E-state index contributed by atoms with van der Waals surface area (Å²) in [7, 11) is 0. The number of rotatable bonds is 5. The van der Waals surface area contributed by atoms with E-state index in [9.17, 15) is 4.79 Å². The third-order valence-electron chi connectivity index (χ3n) is 4.20. The quantitative estimate of drug-likeness (QED) is 0.811. The maximum Gasteiger partial charge on any atom is 0.237 e. The first-order valence-electron chi connectivity index (χ1n) is 6.88. The van der Waals surface area contributed by atoms with Gasteiger partial charge < -0.3 is 11.1 Å². The maximum absolute atomic E-state index is 11.8. The number of carbonyl (C=O) groups excluding carboxylic acids is 1. The molecular weight excluding hydrogens is 248 g/mol. The number of carbonyl (C=O) groups is 1. The van der Waals surface area contributed by atoms with E-state index < -0.39 is 0 Å². The fourth-order valence-electron chi connectivity index (χ4n) is 2.59. The molecule has 0 aromatic carbocycles. The van der Waals surface area contributed by atoms with Crippen LogP contribution in [0.15, 0.2) is 0 Å². The molecule has 0 bridgehead atoms. The molecular formula is C14H29ClN2O. The second-order valence-electron chi connectivity index (χ2n) is 6.46. The van der Waals surface area contributed by atoms with E-state index in [1.165, 1.54) is 25.7 Å². The van der Waals surface area contributed by atoms with E-state index in [0.717, 1.165) is 12.5 Å². The smallest absolute Gasteiger partial charge is 0.237 e. The Morgan fingerprint density at radius 2 is 1.83 bits per heavy atom. The highest BCUT2D eigenvalue weighted by molar-refractivity contribution is 5.85. The van der Waals surface area contributed by atoms with Gasteiger partial charge in [-0.05, 0) is 30.1 Å². The van der Waals surface area contributed by atoms with Crippen LogP contribution in [-0.4, -0.2) is 18.5 Å². The average Bonchev–Trinajstić information content (AvgIpc) is 2.78. The largest absolute Gasteiger partial charge is 0.354 e. The summed E-state index contributed by atoms with van der Waals surface area (Å²) in [6.07, 6.45) is 5.29. The molecule has 1 aliphatic carbocycles. The lowest BCUT2D eigenvalue weighted by Gasteiger charge is -2.32. The Bertz CT molecular complexity index is 261. The lowest BCUT2D eigenvalue weighted by molar-refractivity contribution is -0.123. The van der Waals surface area contributed by atoms with Gasteiger partial charge in [-0.2, -0.15) is 0 Å². The Kier molecular flexibility index (Phi) is 7.23. The summed E-state index contributed by atoms with van der Waals surface area (Å²) in [5, 5.41) is 3.02. The normalized spacial score (nSPS) is 18.6. The standard InChI is InChI=1S/C14H28N2O.ClH/c1-10(2)12(15)13(17)16-9-14(3,4)11-7-5-6-8-11;/h10-12H,5-9,15H2,1-4H3,(H,16,17);1H/t12-;/m0./s1. The van der Waals surface area contributed by atoms with E-state index >= 15 is 0 Å². The molecule has 1 atom stereocenters. The Balaban J connectivity index is 0.00000289. The number of amides is 1. The molecule has 0 aromatic heterocycles. The number of hydrogen-bond acceptors (Lipinski definition) is 2. The van der Waals surface area contributed by atoms with E-state index in [2.05, 4.69) is 19.2 Å². The van der Waals surface area contributed by atoms with E-state index in [1.54, 1.807) is 0 Å². The second kappa shape index (κ2) is 7.34. The molecule has 1 aliphatic rings. The summed E-state index contributed by atoms with van der Waals surface area (Å²) < 4.78 is 0. The third-order valence-corrected chi connectivity index (χ3v) is 4.20. The second-order valence-corrected chi connectivity index (χ2v) is 6.46. The topological polar surface area (TPSA) is 55.1 Å². The first-order valence-corrected chi connectivity index (χ1v) is 6.88. The first kappa shape index (κ1) is 17.7. The molecule has 1 fully saturated rings. The molecule has 0 aliphatic heterocycles. The van der Waals surface area contributed by atoms with Gasteiger partial charge in [0.1, 0.15) is 0 Å². The zero-order chi connectivity index (χ0) is 13.1. The van der Waals surface area contributed by atoms with Crippen molar-refractivity contribution in [3.8, 4) is 0 Å². The highest BCUT2D eigenvalue weighted by atomic mass is 35.5. The Labute approximate surface area is 118 Å². The first-order chi connectivity index (χ1) is 7.84. The molecule has 4 heteroatoms. The number of hydrogen-bond donors (Lipinski definition) is 2. The fraction of sp³-hybridized carbons (Fsp3) is 0.929. The van der Waals surface area contributed by atoms with Crippen LogP contribution in [0.1, 0.15) is 53.4 Å². The van der Waals surface area contributed by atoms with Crippen LogP contribution < -0.4 is 11.1 Å². The van der Waals surface area contributed by atoms with Crippen molar-refractivity contribution in [2.75, 3.05) is 6.54 Å². The van der Waals surface area contributed by atoms with Gasteiger partial charge in [-0.1, -0.05) is 40.5 Å². The zero-order valence-electron chi connectivity index (χ0n) is 12.2. The van der Waals surface area contributed by atoms with Crippen LogP contribution in [-0.2, 0) is 4.79 Å². The van der Waals surface area contributed by atoms with Gasteiger partial charge in [0, 0.05) is 6.54 Å². The molecule has 0 heterocycles. The number of halogens is 1. The third kappa shape index (κ3) is 4.77. The van der Waals surface area contributed by atoms with Crippen molar-refractivity contribution in [3.05, 3.63) is 0 Å². The number of nitrogens with two attached hydrogens (primary N) is 1. The van der Waals surface area contributed by atoms with Crippen molar-refractivity contribution >= 4 is 18.3 Å². The molecule has 1 rings (SSSR count). The van der Waals surface area contributed by atoms with Crippen LogP contribution in [0.2, 0.25) is 0 Å². The summed E-state index contributed by atoms with van der Waals surface area (Å²) in [6.45, 7) is 9.21. The van der Waals surface area contributed by atoms with Crippen LogP contribution in [0.3, 0.4) is 0 Å². The Morgan fingerprint density at radius 1 is 1.33 bits per heavy atom. The molecule has 3 N–H and O–H groups in total. The van der Waals surface area contributed by atoms with Crippen LogP contribution in [0.4, 0.5) is 0 Å². The van der Waals surface area contributed by atoms with E-state index in [0.29, 0.717) is 0 Å². The van der Waals surface area contributed by atoms with Crippen LogP contribution in [0, 0.1) is 17.3 Å². The molecule has 18 heavy (non-hydrogen) atoms. The highest BCUT2D eigenvalue weighted by Gasteiger charge is 2.32. The van der Waals surface area contributed by atoms with Crippen molar-refractivity contribution in [1.82, 2.24) is 5.32 Å². The monoisotopic (exact) mass is 276 g/mol. The van der Waals surface area contributed by atoms with Gasteiger partial charge >= 0.3 is 0 Å². The van der Waals surface area contributed by atoms with Crippen molar-refractivity contribution < 1.29 is 4.79 Å². The number of nitrogens with one attached hydrogen (secondary N) is 1. The summed E-state index contributed by atoms with van der Waals surface area (Å²) in [5.41, 5.74) is 6.03. The van der Waals surface area contributed by atoms with Crippen molar-refractivity contribution in [2.45, 2.75) is 59.4 Å². The summed E-state index contributed by atoms with van der Waals surface area (Å²) in [4.78, 5) is 11.8. The predicted molar refractivity (Wildman–Crippen MR) is 78.8 cm³/mol. The molecule has 0 aromatic rings. The Hall–Kier alpha value is -0.280. The molecule has 0 radical (unpaired) electrons. The molecule has 1 amide bonds. The van der Waals surface area contributed by atoms with Gasteiger partial charge in [-0.25, -0.2) is 0 Å². The van der Waals surface area contributed by atoms with Gasteiger partial charge in [0.2, 0.25) is 5.91 Å². The van der Waals surface area contributed by atoms with Gasteiger partial charge in [0.15, 0.2) is 0 Å². The highest BCUT2D eigenvalue weighted by Crippen LogP contribution is 2.38. The van der Waals surface area contributed by atoms with Gasteiger partial charge in [0.25, 0.3) is 0 Å². The molecule has 108 valence electrons. The molecule has 0 saturated heterocycles.